The van der Waals surface area contributed by atoms with Crippen LogP contribution in [0.25, 0.3) is 0 Å². The van der Waals surface area contributed by atoms with Crippen LogP contribution in [0.15, 0.2) is 89.1 Å². The topological polar surface area (TPSA) is 64.4 Å². The lowest BCUT2D eigenvalue weighted by molar-refractivity contribution is -0.131. The third-order valence-electron chi connectivity index (χ3n) is 5.48. The lowest BCUT2D eigenvalue weighted by Crippen LogP contribution is -2.33. The number of carbonyl (C=O) groups is 2. The SMILES string of the molecule is CC(C)OC1=C(C(=O)c2ccccc2)[C@H](c2ccc(Br)cc2)N(CCCn2ccnc2)C1=O. The van der Waals surface area contributed by atoms with Crippen LogP contribution in [-0.2, 0) is 16.1 Å². The van der Waals surface area contributed by atoms with E-state index >= 15 is 0 Å². The Labute approximate surface area is 202 Å². The van der Waals surface area contributed by atoms with Gasteiger partial charge in [-0.25, -0.2) is 4.98 Å². The maximum absolute atomic E-state index is 13.7. The number of halogens is 1. The predicted molar refractivity (Wildman–Crippen MR) is 129 cm³/mol. The zero-order chi connectivity index (χ0) is 23.4. The lowest BCUT2D eigenvalue weighted by atomic mass is 9.92. The van der Waals surface area contributed by atoms with Gasteiger partial charge in [0.1, 0.15) is 0 Å². The van der Waals surface area contributed by atoms with E-state index in [2.05, 4.69) is 20.9 Å². The highest BCUT2D eigenvalue weighted by atomic mass is 79.9. The number of nitrogens with zero attached hydrogens (tertiary/aromatic N) is 3. The summed E-state index contributed by atoms with van der Waals surface area (Å²) in [5.74, 6) is -0.291. The minimum Gasteiger partial charge on any atom is -0.485 e. The van der Waals surface area contributed by atoms with Gasteiger partial charge in [0.15, 0.2) is 11.5 Å². The van der Waals surface area contributed by atoms with E-state index in [1.165, 1.54) is 0 Å². The van der Waals surface area contributed by atoms with Crippen LogP contribution in [0.4, 0.5) is 0 Å². The van der Waals surface area contributed by atoms with Crippen molar-refractivity contribution < 1.29 is 14.3 Å². The first-order valence-corrected chi connectivity index (χ1v) is 11.8. The standard InChI is InChI=1S/C26H26BrN3O3/c1-18(2)33-25-22(24(31)20-7-4-3-5-8-20)23(19-9-11-21(27)12-10-19)30(26(25)32)15-6-14-29-16-13-28-17-29/h3-5,7-13,16-18,23H,6,14-15H2,1-2H3/t23-/m0/s1. The molecule has 0 fully saturated rings. The van der Waals surface area contributed by atoms with Gasteiger partial charge >= 0.3 is 0 Å². The summed E-state index contributed by atoms with van der Waals surface area (Å²) in [6.45, 7) is 4.93. The highest BCUT2D eigenvalue weighted by Crippen LogP contribution is 2.41. The molecule has 4 rings (SSSR count). The molecule has 1 atom stereocenters. The quantitative estimate of drug-likeness (QED) is 0.374. The van der Waals surface area contributed by atoms with Crippen molar-refractivity contribution in [3.63, 3.8) is 0 Å². The molecule has 0 radical (unpaired) electrons. The molecule has 0 saturated carbocycles. The number of Topliss-reactive ketones (excluding diaryl/α,β-unsaturated/α-hetero) is 1. The molecule has 3 aromatic rings. The van der Waals surface area contributed by atoms with E-state index in [4.69, 9.17) is 4.74 Å². The van der Waals surface area contributed by atoms with Crippen LogP contribution in [0.5, 0.6) is 0 Å². The van der Waals surface area contributed by atoms with E-state index in [0.717, 1.165) is 23.0 Å². The summed E-state index contributed by atoms with van der Waals surface area (Å²) in [6, 6.07) is 16.3. The third-order valence-corrected chi connectivity index (χ3v) is 6.01. The summed E-state index contributed by atoms with van der Waals surface area (Å²) in [7, 11) is 0. The Morgan fingerprint density at radius 3 is 2.45 bits per heavy atom. The fourth-order valence-corrected chi connectivity index (χ4v) is 4.29. The number of rotatable bonds is 9. The van der Waals surface area contributed by atoms with Crippen LogP contribution in [-0.4, -0.2) is 38.8 Å². The Bertz CT molecular complexity index is 1140. The van der Waals surface area contributed by atoms with Gasteiger partial charge in [-0.15, -0.1) is 0 Å². The average molecular weight is 508 g/mol. The number of benzene rings is 2. The van der Waals surface area contributed by atoms with Gasteiger partial charge in [-0.3, -0.25) is 9.59 Å². The number of hydrogen-bond acceptors (Lipinski definition) is 4. The molecular weight excluding hydrogens is 482 g/mol. The second kappa shape index (κ2) is 10.2. The van der Waals surface area contributed by atoms with Gasteiger partial charge in [0.2, 0.25) is 0 Å². The summed E-state index contributed by atoms with van der Waals surface area (Å²) in [4.78, 5) is 33.1. The van der Waals surface area contributed by atoms with Gasteiger partial charge in [0, 0.05) is 35.5 Å². The van der Waals surface area contributed by atoms with E-state index in [1.807, 2.05) is 67.1 Å². The molecule has 170 valence electrons. The number of carbonyl (C=O) groups excluding carboxylic acids is 2. The number of aromatic nitrogens is 2. The molecule has 7 heteroatoms. The molecule has 33 heavy (non-hydrogen) atoms. The van der Waals surface area contributed by atoms with Crippen molar-refractivity contribution >= 4 is 27.6 Å². The largest absolute Gasteiger partial charge is 0.485 e. The molecule has 2 aromatic carbocycles. The first-order chi connectivity index (χ1) is 16.0. The summed E-state index contributed by atoms with van der Waals surface area (Å²) >= 11 is 3.48. The van der Waals surface area contributed by atoms with Crippen molar-refractivity contribution in [2.45, 2.75) is 39.0 Å². The Balaban J connectivity index is 1.74. The molecule has 1 aliphatic rings. The number of amides is 1. The first-order valence-electron chi connectivity index (χ1n) is 11.0. The van der Waals surface area contributed by atoms with Crippen molar-refractivity contribution in [3.8, 4) is 0 Å². The Hall–Kier alpha value is -3.19. The fourth-order valence-electron chi connectivity index (χ4n) is 4.03. The van der Waals surface area contributed by atoms with Gasteiger partial charge in [-0.05, 0) is 38.0 Å². The van der Waals surface area contributed by atoms with E-state index in [9.17, 15) is 9.59 Å². The first kappa shape index (κ1) is 23.0. The van der Waals surface area contributed by atoms with Gasteiger partial charge in [-0.1, -0.05) is 58.4 Å². The molecule has 1 amide bonds. The molecular formula is C26H26BrN3O3. The van der Waals surface area contributed by atoms with Crippen molar-refractivity contribution in [1.82, 2.24) is 14.5 Å². The predicted octanol–water partition coefficient (Wildman–Crippen LogP) is 5.18. The van der Waals surface area contributed by atoms with Gasteiger partial charge < -0.3 is 14.2 Å². The molecule has 6 nitrogen and oxygen atoms in total. The van der Waals surface area contributed by atoms with E-state index in [1.54, 1.807) is 29.6 Å². The second-order valence-corrected chi connectivity index (χ2v) is 9.13. The highest BCUT2D eigenvalue weighted by molar-refractivity contribution is 9.10. The zero-order valence-electron chi connectivity index (χ0n) is 18.6. The summed E-state index contributed by atoms with van der Waals surface area (Å²) in [6.07, 6.45) is 5.87. The summed E-state index contributed by atoms with van der Waals surface area (Å²) in [5, 5.41) is 0. The van der Waals surface area contributed by atoms with Crippen LogP contribution in [0, 0.1) is 0 Å². The highest BCUT2D eigenvalue weighted by Gasteiger charge is 2.44. The van der Waals surface area contributed by atoms with Crippen molar-refractivity contribution in [1.29, 1.82) is 0 Å². The van der Waals surface area contributed by atoms with Crippen LogP contribution >= 0.6 is 15.9 Å². The number of aryl methyl sites for hydroxylation is 1. The molecule has 0 aliphatic carbocycles. The van der Waals surface area contributed by atoms with Crippen molar-refractivity contribution in [2.75, 3.05) is 6.54 Å². The summed E-state index contributed by atoms with van der Waals surface area (Å²) < 4.78 is 8.89. The molecule has 1 aromatic heterocycles. The van der Waals surface area contributed by atoms with Crippen molar-refractivity contribution in [2.24, 2.45) is 0 Å². The molecule has 0 unspecified atom stereocenters. The lowest BCUT2D eigenvalue weighted by Gasteiger charge is -2.27. The normalized spacial score (nSPS) is 16.1. The summed E-state index contributed by atoms with van der Waals surface area (Å²) in [5.41, 5.74) is 1.80. The molecule has 0 N–H and O–H groups in total. The van der Waals surface area contributed by atoms with E-state index in [0.29, 0.717) is 17.7 Å². The third kappa shape index (κ3) is 5.09. The van der Waals surface area contributed by atoms with Crippen molar-refractivity contribution in [3.05, 3.63) is 100 Å². The van der Waals surface area contributed by atoms with Gasteiger partial charge in [-0.2, -0.15) is 0 Å². The minimum absolute atomic E-state index is 0.148. The monoisotopic (exact) mass is 507 g/mol. The number of hydrogen-bond donors (Lipinski definition) is 0. The molecule has 2 heterocycles. The maximum atomic E-state index is 13.7. The van der Waals surface area contributed by atoms with E-state index < -0.39 is 6.04 Å². The maximum Gasteiger partial charge on any atom is 0.290 e. The van der Waals surface area contributed by atoms with Crippen LogP contribution < -0.4 is 0 Å². The Kier molecular flexibility index (Phi) is 7.08. The van der Waals surface area contributed by atoms with Gasteiger partial charge in [0.05, 0.1) is 24.0 Å². The Morgan fingerprint density at radius 1 is 1.09 bits per heavy atom. The molecule has 1 aliphatic heterocycles. The number of ether oxygens (including phenoxy) is 1. The molecule has 0 saturated heterocycles. The van der Waals surface area contributed by atoms with Crippen LogP contribution in [0.3, 0.4) is 0 Å². The molecule has 0 spiro atoms. The van der Waals surface area contributed by atoms with Gasteiger partial charge in [0.25, 0.3) is 5.91 Å². The number of imidazole rings is 1. The fraction of sp³-hybridized carbons (Fsp3) is 0.269. The second-order valence-electron chi connectivity index (χ2n) is 8.21. The minimum atomic E-state index is -0.519. The number of ketones is 1. The van der Waals surface area contributed by atoms with E-state index in [-0.39, 0.29) is 23.6 Å². The van der Waals surface area contributed by atoms with Crippen LogP contribution in [0.1, 0.15) is 42.2 Å². The van der Waals surface area contributed by atoms with Crippen LogP contribution in [0.2, 0.25) is 0 Å². The molecule has 0 bridgehead atoms. The Morgan fingerprint density at radius 2 is 1.82 bits per heavy atom. The average Bonchev–Trinajstić information content (AvgIpc) is 3.42. The smallest absolute Gasteiger partial charge is 0.290 e. The zero-order valence-corrected chi connectivity index (χ0v) is 20.2.